The number of anilines is 1. The number of thiocarbonyl (C=S) groups is 1. The molecule has 25 heavy (non-hydrogen) atoms. The van der Waals surface area contributed by atoms with E-state index >= 15 is 0 Å². The summed E-state index contributed by atoms with van der Waals surface area (Å²) in [4.78, 5) is 10.4. The quantitative estimate of drug-likeness (QED) is 0.443. The third-order valence-corrected chi connectivity index (χ3v) is 3.95. The second-order valence-corrected chi connectivity index (χ2v) is 6.07. The topological polar surface area (TPSA) is 76.4 Å². The number of nitro groups is 1. The van der Waals surface area contributed by atoms with Crippen molar-refractivity contribution in [2.75, 3.05) is 12.4 Å². The molecule has 0 fully saturated rings. The summed E-state index contributed by atoms with van der Waals surface area (Å²) < 4.78 is 5.19. The van der Waals surface area contributed by atoms with Crippen LogP contribution in [0, 0.1) is 10.1 Å². The lowest BCUT2D eigenvalue weighted by atomic mass is 10.1. The molecule has 0 saturated heterocycles. The summed E-state index contributed by atoms with van der Waals surface area (Å²) in [5.41, 5.74) is 1.84. The zero-order valence-electron chi connectivity index (χ0n) is 14.2. The van der Waals surface area contributed by atoms with Crippen molar-refractivity contribution >= 4 is 28.7 Å². The Morgan fingerprint density at radius 1 is 1.28 bits per heavy atom. The highest BCUT2D eigenvalue weighted by Crippen LogP contribution is 2.28. The minimum Gasteiger partial charge on any atom is -0.494 e. The largest absolute Gasteiger partial charge is 0.494 e. The smallest absolute Gasteiger partial charge is 0.273 e. The van der Waals surface area contributed by atoms with Gasteiger partial charge in [-0.3, -0.25) is 10.1 Å². The normalized spacial score (nSPS) is 11.4. The zero-order valence-corrected chi connectivity index (χ0v) is 15.0. The van der Waals surface area contributed by atoms with Crippen LogP contribution in [0.1, 0.15) is 18.9 Å². The lowest BCUT2D eigenvalue weighted by Gasteiger charge is -2.18. The number of nitrogens with zero attached hydrogens (tertiary/aromatic N) is 1. The van der Waals surface area contributed by atoms with Crippen molar-refractivity contribution in [3.05, 3.63) is 64.2 Å². The molecular formula is C18H21N3O3S. The van der Waals surface area contributed by atoms with E-state index in [4.69, 9.17) is 17.0 Å². The number of hydrogen-bond donors (Lipinski definition) is 2. The summed E-state index contributed by atoms with van der Waals surface area (Å²) in [6, 6.07) is 14.8. The average Bonchev–Trinajstić information content (AvgIpc) is 2.61. The van der Waals surface area contributed by atoms with E-state index in [0.717, 1.165) is 12.8 Å². The fourth-order valence-electron chi connectivity index (χ4n) is 2.38. The number of ether oxygens (including phenoxy) is 1. The second kappa shape index (κ2) is 8.98. The predicted octanol–water partition coefficient (Wildman–Crippen LogP) is 3.91. The molecule has 0 aromatic heterocycles. The van der Waals surface area contributed by atoms with E-state index in [9.17, 15) is 10.1 Å². The molecule has 1 atom stereocenters. The molecular weight excluding hydrogens is 338 g/mol. The number of aryl methyl sites for hydroxylation is 1. The van der Waals surface area contributed by atoms with E-state index < -0.39 is 4.92 Å². The predicted molar refractivity (Wildman–Crippen MR) is 103 cm³/mol. The lowest BCUT2D eigenvalue weighted by Crippen LogP contribution is -2.36. The molecule has 2 aromatic rings. The van der Waals surface area contributed by atoms with Crippen LogP contribution < -0.4 is 15.4 Å². The van der Waals surface area contributed by atoms with Gasteiger partial charge in [-0.1, -0.05) is 30.3 Å². The minimum absolute atomic E-state index is 0.0301. The first-order chi connectivity index (χ1) is 12.0. The van der Waals surface area contributed by atoms with Crippen molar-refractivity contribution in [3.63, 3.8) is 0 Å². The van der Waals surface area contributed by atoms with Crippen molar-refractivity contribution in [3.8, 4) is 5.75 Å². The Bertz CT molecular complexity index is 738. The van der Waals surface area contributed by atoms with Gasteiger partial charge in [0.15, 0.2) is 5.11 Å². The van der Waals surface area contributed by atoms with Crippen LogP contribution in [0.25, 0.3) is 0 Å². The third kappa shape index (κ3) is 5.72. The third-order valence-electron chi connectivity index (χ3n) is 3.73. The summed E-state index contributed by atoms with van der Waals surface area (Å²) in [6.07, 6.45) is 1.89. The van der Waals surface area contributed by atoms with Crippen molar-refractivity contribution < 1.29 is 9.66 Å². The first kappa shape index (κ1) is 18.7. The highest BCUT2D eigenvalue weighted by atomic mass is 32.1. The van der Waals surface area contributed by atoms with Gasteiger partial charge in [0.2, 0.25) is 0 Å². The molecule has 7 heteroatoms. The first-order valence-electron chi connectivity index (χ1n) is 7.93. The van der Waals surface area contributed by atoms with Gasteiger partial charge in [-0.2, -0.15) is 0 Å². The SMILES string of the molecule is COc1cc([N+](=O)[O-])ccc1NC(=S)NC(C)CCc1ccccc1. The Morgan fingerprint density at radius 3 is 2.64 bits per heavy atom. The number of benzene rings is 2. The molecule has 0 heterocycles. The second-order valence-electron chi connectivity index (χ2n) is 5.67. The highest BCUT2D eigenvalue weighted by molar-refractivity contribution is 7.80. The molecule has 0 amide bonds. The standard InChI is InChI=1S/C18H21N3O3S/c1-13(8-9-14-6-4-3-5-7-14)19-18(25)20-16-11-10-15(21(22)23)12-17(16)24-2/h3-7,10-13H,8-9H2,1-2H3,(H2,19,20,25). The maximum Gasteiger partial charge on any atom is 0.273 e. The minimum atomic E-state index is -0.464. The van der Waals surface area contributed by atoms with Crippen LogP contribution in [0.2, 0.25) is 0 Å². The van der Waals surface area contributed by atoms with Gasteiger partial charge in [-0.25, -0.2) is 0 Å². The van der Waals surface area contributed by atoms with Crippen molar-refractivity contribution in [1.82, 2.24) is 5.32 Å². The number of rotatable bonds is 7. The number of methoxy groups -OCH3 is 1. The van der Waals surface area contributed by atoms with Crippen LogP contribution in [0.5, 0.6) is 5.75 Å². The van der Waals surface area contributed by atoms with Gasteiger partial charge < -0.3 is 15.4 Å². The van der Waals surface area contributed by atoms with E-state index in [0.29, 0.717) is 16.5 Å². The molecule has 2 rings (SSSR count). The molecule has 1 unspecified atom stereocenters. The number of nitrogens with one attached hydrogen (secondary N) is 2. The van der Waals surface area contributed by atoms with Crippen molar-refractivity contribution in [1.29, 1.82) is 0 Å². The fraction of sp³-hybridized carbons (Fsp3) is 0.278. The van der Waals surface area contributed by atoms with E-state index in [2.05, 4.69) is 29.7 Å². The van der Waals surface area contributed by atoms with Crippen molar-refractivity contribution in [2.24, 2.45) is 0 Å². The molecule has 0 bridgehead atoms. The Hall–Kier alpha value is -2.67. The average molecular weight is 359 g/mol. The van der Waals surface area contributed by atoms with Gasteiger partial charge in [0, 0.05) is 12.1 Å². The molecule has 0 saturated carbocycles. The molecule has 132 valence electrons. The summed E-state index contributed by atoms with van der Waals surface area (Å²) in [5.74, 6) is 0.371. The fourth-order valence-corrected chi connectivity index (χ4v) is 2.69. The van der Waals surface area contributed by atoms with E-state index in [1.165, 1.54) is 24.8 Å². The Kier molecular flexibility index (Phi) is 6.71. The summed E-state index contributed by atoms with van der Waals surface area (Å²) >= 11 is 5.32. The molecule has 0 spiro atoms. The van der Waals surface area contributed by atoms with E-state index in [1.54, 1.807) is 6.07 Å². The molecule has 2 aromatic carbocycles. The van der Waals surface area contributed by atoms with Crippen LogP contribution in [0.4, 0.5) is 11.4 Å². The molecule has 6 nitrogen and oxygen atoms in total. The summed E-state index contributed by atoms with van der Waals surface area (Å²) in [7, 11) is 1.46. The lowest BCUT2D eigenvalue weighted by molar-refractivity contribution is -0.384. The number of non-ortho nitro benzene ring substituents is 1. The molecule has 0 aliphatic heterocycles. The highest BCUT2D eigenvalue weighted by Gasteiger charge is 2.13. The maximum atomic E-state index is 10.8. The van der Waals surface area contributed by atoms with Gasteiger partial charge in [-0.15, -0.1) is 0 Å². The maximum absolute atomic E-state index is 10.8. The van der Waals surface area contributed by atoms with Crippen LogP contribution in [-0.4, -0.2) is 23.2 Å². The van der Waals surface area contributed by atoms with Gasteiger partial charge >= 0.3 is 0 Å². The van der Waals surface area contributed by atoms with Gasteiger partial charge in [-0.05, 0) is 43.6 Å². The molecule has 2 N–H and O–H groups in total. The van der Waals surface area contributed by atoms with Gasteiger partial charge in [0.1, 0.15) is 5.75 Å². The number of hydrogen-bond acceptors (Lipinski definition) is 4. The molecule has 0 radical (unpaired) electrons. The molecule has 0 aliphatic carbocycles. The van der Waals surface area contributed by atoms with Crippen LogP contribution in [-0.2, 0) is 6.42 Å². The van der Waals surface area contributed by atoms with Crippen LogP contribution in [0.15, 0.2) is 48.5 Å². The van der Waals surface area contributed by atoms with E-state index in [-0.39, 0.29) is 11.7 Å². The Morgan fingerprint density at radius 2 is 2.00 bits per heavy atom. The van der Waals surface area contributed by atoms with Crippen molar-refractivity contribution in [2.45, 2.75) is 25.8 Å². The van der Waals surface area contributed by atoms with Crippen LogP contribution in [0.3, 0.4) is 0 Å². The number of nitro benzene ring substituents is 1. The van der Waals surface area contributed by atoms with Gasteiger partial charge in [0.05, 0.1) is 23.8 Å². The zero-order chi connectivity index (χ0) is 18.2. The summed E-state index contributed by atoms with van der Waals surface area (Å²) in [5, 5.41) is 17.5. The van der Waals surface area contributed by atoms with Crippen LogP contribution >= 0.6 is 12.2 Å². The first-order valence-corrected chi connectivity index (χ1v) is 8.34. The Labute approximate surface area is 152 Å². The Balaban J connectivity index is 1.90. The van der Waals surface area contributed by atoms with E-state index in [1.807, 2.05) is 18.2 Å². The summed E-state index contributed by atoms with van der Waals surface area (Å²) in [6.45, 7) is 2.06. The molecule has 0 aliphatic rings. The van der Waals surface area contributed by atoms with Gasteiger partial charge in [0.25, 0.3) is 5.69 Å². The monoisotopic (exact) mass is 359 g/mol.